The van der Waals surface area contributed by atoms with E-state index in [1.54, 1.807) is 43.5 Å². The molecule has 3 aromatic rings. The minimum Gasteiger partial charge on any atom is -0.494 e. The summed E-state index contributed by atoms with van der Waals surface area (Å²) in [5.74, 6) is 2.42. The summed E-state index contributed by atoms with van der Waals surface area (Å²) in [6, 6.07) is 17.2. The summed E-state index contributed by atoms with van der Waals surface area (Å²) in [5.41, 5.74) is 7.99. The maximum absolute atomic E-state index is 13.0. The molecule has 0 fully saturated rings. The van der Waals surface area contributed by atoms with Gasteiger partial charge in [-0.3, -0.25) is 9.59 Å². The first-order valence-electron chi connectivity index (χ1n) is 15.5. The van der Waals surface area contributed by atoms with Crippen molar-refractivity contribution in [3.8, 4) is 28.7 Å². The zero-order valence-electron chi connectivity index (χ0n) is 27.9. The highest BCUT2D eigenvalue weighted by molar-refractivity contribution is 6.00. The van der Waals surface area contributed by atoms with Crippen molar-refractivity contribution in [2.24, 2.45) is 10.7 Å². The van der Waals surface area contributed by atoms with E-state index in [0.29, 0.717) is 47.3 Å². The van der Waals surface area contributed by atoms with Crippen molar-refractivity contribution in [3.63, 3.8) is 0 Å². The number of nitrogens with two attached hydrogens (primary N) is 1. The van der Waals surface area contributed by atoms with Crippen molar-refractivity contribution in [2.45, 2.75) is 65.1 Å². The van der Waals surface area contributed by atoms with Crippen LogP contribution in [-0.2, 0) is 0 Å². The highest BCUT2D eigenvalue weighted by Crippen LogP contribution is 2.30. The molecule has 0 bridgehead atoms. The molecule has 3 aromatic carbocycles. The van der Waals surface area contributed by atoms with Crippen LogP contribution in [0.25, 0.3) is 0 Å². The molecule has 46 heavy (non-hydrogen) atoms. The number of carbonyl (C=O) groups excluding carboxylic acids is 2. The Hall–Kier alpha value is -4.57. The first-order chi connectivity index (χ1) is 22.1. The van der Waals surface area contributed by atoms with Gasteiger partial charge in [-0.05, 0) is 101 Å². The number of hydrogen-bond acceptors (Lipinski definition) is 8. The fraction of sp³-hybridized carbons (Fsp3) is 0.417. The number of aliphatic imine (C=N–C) groups is 1. The first-order valence-corrected chi connectivity index (χ1v) is 15.5. The van der Waals surface area contributed by atoms with Gasteiger partial charge >= 0.3 is 0 Å². The van der Waals surface area contributed by atoms with Gasteiger partial charge in [-0.15, -0.1) is 0 Å². The van der Waals surface area contributed by atoms with Crippen molar-refractivity contribution >= 4 is 18.0 Å². The Morgan fingerprint density at radius 2 is 1.26 bits per heavy atom. The van der Waals surface area contributed by atoms with Gasteiger partial charge in [0.25, 0.3) is 11.8 Å². The Morgan fingerprint density at radius 1 is 0.717 bits per heavy atom. The van der Waals surface area contributed by atoms with Crippen molar-refractivity contribution in [2.75, 3.05) is 34.5 Å². The third kappa shape index (κ3) is 9.97. The number of hydrogen-bond donors (Lipinski definition) is 1. The van der Waals surface area contributed by atoms with Crippen LogP contribution < -0.4 is 29.4 Å². The quantitative estimate of drug-likeness (QED) is 0.132. The Labute approximate surface area is 272 Å². The molecule has 1 unspecified atom stereocenters. The summed E-state index contributed by atoms with van der Waals surface area (Å²) in [5, 5.41) is 0. The molecule has 0 saturated heterocycles. The van der Waals surface area contributed by atoms with E-state index < -0.39 is 11.9 Å². The third-order valence-electron chi connectivity index (χ3n) is 7.32. The number of amides is 2. The molecule has 0 aliphatic heterocycles. The summed E-state index contributed by atoms with van der Waals surface area (Å²) in [6.07, 6.45) is 4.05. The molecule has 1 atom stereocenters. The lowest BCUT2D eigenvalue weighted by Crippen LogP contribution is -2.42. The van der Waals surface area contributed by atoms with Gasteiger partial charge in [-0.25, -0.2) is 4.99 Å². The zero-order valence-corrected chi connectivity index (χ0v) is 27.9. The van der Waals surface area contributed by atoms with Gasteiger partial charge < -0.3 is 34.3 Å². The van der Waals surface area contributed by atoms with Crippen LogP contribution in [0, 0.1) is 0 Å². The second-order valence-electron chi connectivity index (χ2n) is 11.3. The van der Waals surface area contributed by atoms with Crippen LogP contribution in [0.4, 0.5) is 0 Å². The first kappa shape index (κ1) is 35.9. The van der Waals surface area contributed by atoms with Crippen molar-refractivity contribution in [3.05, 3.63) is 77.4 Å². The van der Waals surface area contributed by atoms with Gasteiger partial charge in [-0.2, -0.15) is 0 Å². The summed E-state index contributed by atoms with van der Waals surface area (Å²) in [7, 11) is 4.62. The van der Waals surface area contributed by atoms with Crippen LogP contribution in [0.5, 0.6) is 28.7 Å². The predicted octanol–water partition coefficient (Wildman–Crippen LogP) is 6.51. The largest absolute Gasteiger partial charge is 0.494 e. The molecule has 0 saturated carbocycles. The third-order valence-corrected chi connectivity index (χ3v) is 7.32. The minimum atomic E-state index is -0.553. The maximum Gasteiger partial charge on any atom is 0.276 e. The van der Waals surface area contributed by atoms with E-state index in [1.165, 1.54) is 20.4 Å². The molecule has 0 aliphatic rings. The standard InChI is InChI=1S/C36H47N3O7/c1-24(2)39(25(3)4)36(41)28-14-18-32(34(22-28)44-7)46-20-10-8-9-19-45-29-15-11-26(12-16-29)30(37)23-38-35(40)27-13-17-31(42-5)33(21-27)43-6/h11-18,21-25,30H,8-10,19-20,37H2,1-7H3. The van der Waals surface area contributed by atoms with E-state index in [1.807, 2.05) is 56.9 Å². The Kier molecular flexibility index (Phi) is 13.9. The maximum atomic E-state index is 13.0. The normalized spacial score (nSPS) is 11.9. The molecule has 2 amide bonds. The molecule has 0 aromatic heterocycles. The summed E-state index contributed by atoms with van der Waals surface area (Å²) in [4.78, 5) is 31.4. The summed E-state index contributed by atoms with van der Waals surface area (Å²) in [6.45, 7) is 9.13. The second-order valence-corrected chi connectivity index (χ2v) is 11.3. The molecular weight excluding hydrogens is 586 g/mol. The number of nitrogens with zero attached hydrogens (tertiary/aromatic N) is 2. The van der Waals surface area contributed by atoms with Crippen LogP contribution in [0.2, 0.25) is 0 Å². The number of benzene rings is 3. The lowest BCUT2D eigenvalue weighted by atomic mass is 10.1. The van der Waals surface area contributed by atoms with Crippen molar-refractivity contribution < 1.29 is 33.3 Å². The van der Waals surface area contributed by atoms with Gasteiger partial charge in [0.15, 0.2) is 23.0 Å². The smallest absolute Gasteiger partial charge is 0.276 e. The number of rotatable bonds is 17. The molecule has 0 spiro atoms. The highest BCUT2D eigenvalue weighted by atomic mass is 16.5. The number of methoxy groups -OCH3 is 3. The van der Waals surface area contributed by atoms with Gasteiger partial charge in [0.1, 0.15) is 5.75 Å². The van der Waals surface area contributed by atoms with Crippen molar-refractivity contribution in [1.82, 2.24) is 4.90 Å². The average Bonchev–Trinajstić information content (AvgIpc) is 3.06. The summed E-state index contributed by atoms with van der Waals surface area (Å²) < 4.78 is 27.8. The second kappa shape index (κ2) is 17.8. The molecule has 0 heterocycles. The fourth-order valence-corrected chi connectivity index (χ4v) is 4.95. The van der Waals surface area contributed by atoms with E-state index in [-0.39, 0.29) is 18.0 Å². The number of carbonyl (C=O) groups is 2. The predicted molar refractivity (Wildman–Crippen MR) is 180 cm³/mol. The van der Waals surface area contributed by atoms with Gasteiger partial charge in [-0.1, -0.05) is 12.1 Å². The van der Waals surface area contributed by atoms with Gasteiger partial charge in [0.05, 0.1) is 40.6 Å². The summed E-state index contributed by atoms with van der Waals surface area (Å²) >= 11 is 0. The molecule has 10 nitrogen and oxygen atoms in total. The van der Waals surface area contributed by atoms with Crippen LogP contribution in [0.15, 0.2) is 65.7 Å². The fourth-order valence-electron chi connectivity index (χ4n) is 4.95. The Morgan fingerprint density at radius 3 is 1.87 bits per heavy atom. The highest BCUT2D eigenvalue weighted by Gasteiger charge is 2.22. The van der Waals surface area contributed by atoms with Crippen LogP contribution in [0.3, 0.4) is 0 Å². The molecule has 248 valence electrons. The molecule has 10 heteroatoms. The van der Waals surface area contributed by atoms with Crippen molar-refractivity contribution in [1.29, 1.82) is 0 Å². The number of unbranched alkanes of at least 4 members (excludes halogenated alkanes) is 2. The Balaban J connectivity index is 1.40. The minimum absolute atomic E-state index is 0.0277. The zero-order chi connectivity index (χ0) is 33.6. The molecule has 3 rings (SSSR count). The van der Waals surface area contributed by atoms with Crippen LogP contribution in [0.1, 0.15) is 79.3 Å². The van der Waals surface area contributed by atoms with E-state index >= 15 is 0 Å². The lowest BCUT2D eigenvalue weighted by Gasteiger charge is -2.31. The van der Waals surface area contributed by atoms with E-state index in [2.05, 4.69) is 4.99 Å². The van der Waals surface area contributed by atoms with Crippen LogP contribution >= 0.6 is 0 Å². The van der Waals surface area contributed by atoms with Crippen LogP contribution in [-0.4, -0.2) is 69.6 Å². The average molecular weight is 634 g/mol. The lowest BCUT2D eigenvalue weighted by molar-refractivity contribution is 0.0643. The van der Waals surface area contributed by atoms with E-state index in [9.17, 15) is 9.59 Å². The molecule has 0 aliphatic carbocycles. The Bertz CT molecular complexity index is 1450. The SMILES string of the molecule is COc1ccc(C(=O)N=CC(N)c2ccc(OCCCCCOc3ccc(C(=O)N(C(C)C)C(C)C)cc3OC)cc2)cc1OC. The topological polar surface area (TPSA) is 122 Å². The molecule has 0 radical (unpaired) electrons. The van der Waals surface area contributed by atoms with E-state index in [0.717, 1.165) is 30.6 Å². The molecular formula is C36H47N3O7. The van der Waals surface area contributed by atoms with Gasteiger partial charge in [0, 0.05) is 29.4 Å². The monoisotopic (exact) mass is 633 g/mol. The van der Waals surface area contributed by atoms with Gasteiger partial charge in [0.2, 0.25) is 0 Å². The molecule has 2 N–H and O–H groups in total. The number of ether oxygens (including phenoxy) is 5. The van der Waals surface area contributed by atoms with E-state index in [4.69, 9.17) is 29.4 Å².